The van der Waals surface area contributed by atoms with E-state index in [0.29, 0.717) is 4.99 Å². The lowest BCUT2D eigenvalue weighted by Crippen LogP contribution is -2.41. The molecule has 5 heteroatoms. The van der Waals surface area contributed by atoms with Crippen LogP contribution >= 0.6 is 12.2 Å². The monoisotopic (exact) mass is 279 g/mol. The van der Waals surface area contributed by atoms with Gasteiger partial charge in [-0.15, -0.1) is 0 Å². The minimum absolute atomic E-state index is 0.0489. The van der Waals surface area contributed by atoms with E-state index in [1.54, 1.807) is 0 Å². The second-order valence-corrected chi connectivity index (χ2v) is 5.33. The van der Waals surface area contributed by atoms with Crippen LogP contribution in [0.2, 0.25) is 0 Å². The molecule has 1 aromatic rings. The number of thiocarbonyl (C=S) groups is 1. The van der Waals surface area contributed by atoms with Crippen molar-refractivity contribution in [3.63, 3.8) is 0 Å². The Labute approximate surface area is 119 Å². The summed E-state index contributed by atoms with van der Waals surface area (Å²) in [5.41, 5.74) is 8.30. The highest BCUT2D eigenvalue weighted by Crippen LogP contribution is 2.21. The number of nitrogens with one attached hydrogen (secondary N) is 2. The fourth-order valence-corrected chi connectivity index (χ4v) is 1.93. The van der Waals surface area contributed by atoms with E-state index >= 15 is 0 Å². The molecule has 0 saturated heterocycles. The molecular weight excluding hydrogens is 258 g/mol. The summed E-state index contributed by atoms with van der Waals surface area (Å²) in [7, 11) is 0. The molecule has 104 valence electrons. The summed E-state index contributed by atoms with van der Waals surface area (Å²) in [6.45, 7) is 7.63. The van der Waals surface area contributed by atoms with E-state index in [0.717, 1.165) is 16.8 Å². The molecule has 0 fully saturated rings. The SMILES string of the molecule is Cc1cccc(C(N)=S)c1NC(C)C(=O)NC(C)C. The molecule has 0 aliphatic rings. The molecule has 0 spiro atoms. The van der Waals surface area contributed by atoms with Gasteiger partial charge in [0.15, 0.2) is 0 Å². The van der Waals surface area contributed by atoms with Gasteiger partial charge in [0.25, 0.3) is 0 Å². The Morgan fingerprint density at radius 3 is 2.47 bits per heavy atom. The smallest absolute Gasteiger partial charge is 0.242 e. The third kappa shape index (κ3) is 4.21. The van der Waals surface area contributed by atoms with Crippen molar-refractivity contribution in [2.45, 2.75) is 39.8 Å². The molecule has 1 rings (SSSR count). The van der Waals surface area contributed by atoms with E-state index in [9.17, 15) is 4.79 Å². The molecule has 0 bridgehead atoms. The summed E-state index contributed by atoms with van der Waals surface area (Å²) in [6, 6.07) is 5.47. The van der Waals surface area contributed by atoms with Crippen LogP contribution < -0.4 is 16.4 Å². The van der Waals surface area contributed by atoms with E-state index in [1.165, 1.54) is 0 Å². The lowest BCUT2D eigenvalue weighted by molar-refractivity contribution is -0.122. The average Bonchev–Trinajstić information content (AvgIpc) is 2.30. The zero-order chi connectivity index (χ0) is 14.6. The van der Waals surface area contributed by atoms with Crippen LogP contribution in [0.3, 0.4) is 0 Å². The van der Waals surface area contributed by atoms with E-state index in [4.69, 9.17) is 18.0 Å². The molecule has 4 N–H and O–H groups in total. The third-order valence-electron chi connectivity index (χ3n) is 2.72. The first-order chi connectivity index (χ1) is 8.82. The first-order valence-electron chi connectivity index (χ1n) is 6.29. The Balaban J connectivity index is 2.93. The number of hydrogen-bond donors (Lipinski definition) is 3. The largest absolute Gasteiger partial charge is 0.389 e. The highest BCUT2D eigenvalue weighted by Gasteiger charge is 2.16. The van der Waals surface area contributed by atoms with Crippen LogP contribution in [0.15, 0.2) is 18.2 Å². The van der Waals surface area contributed by atoms with Crippen LogP contribution in [-0.4, -0.2) is 23.0 Å². The maximum absolute atomic E-state index is 11.9. The number of aryl methyl sites for hydroxylation is 1. The first-order valence-corrected chi connectivity index (χ1v) is 6.70. The number of carbonyl (C=O) groups excluding carboxylic acids is 1. The minimum atomic E-state index is -0.350. The molecule has 1 unspecified atom stereocenters. The summed E-state index contributed by atoms with van der Waals surface area (Å²) in [6.07, 6.45) is 0. The molecule has 0 saturated carbocycles. The fraction of sp³-hybridized carbons (Fsp3) is 0.429. The van der Waals surface area contributed by atoms with Crippen LogP contribution in [0.4, 0.5) is 5.69 Å². The van der Waals surface area contributed by atoms with E-state index in [2.05, 4.69) is 10.6 Å². The average molecular weight is 279 g/mol. The number of nitrogens with two attached hydrogens (primary N) is 1. The Hall–Kier alpha value is -1.62. The van der Waals surface area contributed by atoms with Gasteiger partial charge >= 0.3 is 0 Å². The zero-order valence-corrected chi connectivity index (χ0v) is 12.6. The summed E-state index contributed by atoms with van der Waals surface area (Å²) in [4.78, 5) is 12.2. The van der Waals surface area contributed by atoms with Crippen molar-refractivity contribution >= 4 is 28.8 Å². The van der Waals surface area contributed by atoms with Crippen LogP contribution in [0, 0.1) is 6.92 Å². The number of benzene rings is 1. The number of amides is 1. The molecule has 0 heterocycles. The van der Waals surface area contributed by atoms with Gasteiger partial charge in [0.1, 0.15) is 11.0 Å². The van der Waals surface area contributed by atoms with Gasteiger partial charge in [0.2, 0.25) is 5.91 Å². The van der Waals surface area contributed by atoms with Gasteiger partial charge in [-0.3, -0.25) is 4.79 Å². The Kier molecular flexibility index (Phi) is 5.30. The van der Waals surface area contributed by atoms with Crippen LogP contribution in [0.25, 0.3) is 0 Å². The highest BCUT2D eigenvalue weighted by molar-refractivity contribution is 7.80. The Morgan fingerprint density at radius 2 is 1.95 bits per heavy atom. The minimum Gasteiger partial charge on any atom is -0.389 e. The fourth-order valence-electron chi connectivity index (χ4n) is 1.76. The van der Waals surface area contributed by atoms with Gasteiger partial charge in [-0.05, 0) is 39.3 Å². The van der Waals surface area contributed by atoms with Gasteiger partial charge in [0, 0.05) is 17.3 Å². The standard InChI is InChI=1S/C14H21N3OS/c1-8(2)16-14(18)10(4)17-12-9(3)6-5-7-11(12)13(15)19/h5-8,10,17H,1-4H3,(H2,15,19)(H,16,18). The van der Waals surface area contributed by atoms with Crippen molar-refractivity contribution in [3.05, 3.63) is 29.3 Å². The number of carbonyl (C=O) groups is 1. The van der Waals surface area contributed by atoms with Crippen molar-refractivity contribution < 1.29 is 4.79 Å². The highest BCUT2D eigenvalue weighted by atomic mass is 32.1. The lowest BCUT2D eigenvalue weighted by Gasteiger charge is -2.20. The van der Waals surface area contributed by atoms with Crippen molar-refractivity contribution in [3.8, 4) is 0 Å². The lowest BCUT2D eigenvalue weighted by atomic mass is 10.1. The molecule has 4 nitrogen and oxygen atoms in total. The predicted octanol–water partition coefficient (Wildman–Crippen LogP) is 1.95. The molecule has 19 heavy (non-hydrogen) atoms. The topological polar surface area (TPSA) is 67.1 Å². The van der Waals surface area contributed by atoms with Crippen molar-refractivity contribution in [1.82, 2.24) is 5.32 Å². The quantitative estimate of drug-likeness (QED) is 0.721. The predicted molar refractivity (Wildman–Crippen MR) is 83.4 cm³/mol. The van der Waals surface area contributed by atoms with Crippen molar-refractivity contribution in [2.75, 3.05) is 5.32 Å². The van der Waals surface area contributed by atoms with E-state index in [-0.39, 0.29) is 18.0 Å². The van der Waals surface area contributed by atoms with E-state index < -0.39 is 0 Å². The molecule has 0 aromatic heterocycles. The summed E-state index contributed by atoms with van der Waals surface area (Å²) >= 11 is 5.03. The Morgan fingerprint density at radius 1 is 1.32 bits per heavy atom. The van der Waals surface area contributed by atoms with Gasteiger partial charge in [-0.1, -0.05) is 24.4 Å². The van der Waals surface area contributed by atoms with Crippen molar-refractivity contribution in [1.29, 1.82) is 0 Å². The Bertz CT molecular complexity index is 486. The summed E-state index contributed by atoms with van der Waals surface area (Å²) < 4.78 is 0. The van der Waals surface area contributed by atoms with Crippen LogP contribution in [0.1, 0.15) is 31.9 Å². The number of hydrogen-bond acceptors (Lipinski definition) is 3. The molecule has 0 radical (unpaired) electrons. The van der Waals surface area contributed by atoms with Gasteiger partial charge in [-0.2, -0.15) is 0 Å². The summed E-state index contributed by atoms with van der Waals surface area (Å²) in [5.74, 6) is -0.0489. The normalized spacial score (nSPS) is 12.1. The second kappa shape index (κ2) is 6.52. The number of rotatable bonds is 5. The molecule has 1 atom stereocenters. The maximum atomic E-state index is 11.9. The number of para-hydroxylation sites is 1. The van der Waals surface area contributed by atoms with E-state index in [1.807, 2.05) is 45.9 Å². The van der Waals surface area contributed by atoms with Crippen molar-refractivity contribution in [2.24, 2.45) is 5.73 Å². The molecule has 0 aliphatic heterocycles. The molecule has 0 aliphatic carbocycles. The third-order valence-corrected chi connectivity index (χ3v) is 2.94. The van der Waals surface area contributed by atoms with Gasteiger partial charge in [0.05, 0.1) is 0 Å². The number of anilines is 1. The molecule has 1 amide bonds. The van der Waals surface area contributed by atoms with Gasteiger partial charge < -0.3 is 16.4 Å². The maximum Gasteiger partial charge on any atom is 0.242 e. The molecule has 1 aromatic carbocycles. The zero-order valence-electron chi connectivity index (χ0n) is 11.8. The van der Waals surface area contributed by atoms with Crippen LogP contribution in [0.5, 0.6) is 0 Å². The molecular formula is C14H21N3OS. The van der Waals surface area contributed by atoms with Crippen LogP contribution in [-0.2, 0) is 4.79 Å². The van der Waals surface area contributed by atoms with Gasteiger partial charge in [-0.25, -0.2) is 0 Å². The summed E-state index contributed by atoms with van der Waals surface area (Å²) in [5, 5.41) is 6.05. The second-order valence-electron chi connectivity index (χ2n) is 4.89. The first kappa shape index (κ1) is 15.4.